The molecule has 0 N–H and O–H groups in total. The van der Waals surface area contributed by atoms with Crippen LogP contribution < -0.4 is 4.90 Å². The van der Waals surface area contributed by atoms with Gasteiger partial charge in [0.25, 0.3) is 5.91 Å². The van der Waals surface area contributed by atoms with Gasteiger partial charge >= 0.3 is 0 Å². The molecule has 94 valence electrons. The van der Waals surface area contributed by atoms with E-state index in [1.165, 1.54) is 5.01 Å². The minimum atomic E-state index is -0.163. The minimum Gasteiger partial charge on any atom is -0.378 e. The lowest BCUT2D eigenvalue weighted by molar-refractivity contribution is -0.122. The van der Waals surface area contributed by atoms with Gasteiger partial charge in [-0.25, -0.2) is 10.0 Å². The summed E-state index contributed by atoms with van der Waals surface area (Å²) < 4.78 is 0. The quantitative estimate of drug-likeness (QED) is 0.794. The van der Waals surface area contributed by atoms with Crippen molar-refractivity contribution in [2.75, 3.05) is 26.0 Å². The van der Waals surface area contributed by atoms with Gasteiger partial charge in [-0.15, -0.1) is 0 Å². The van der Waals surface area contributed by atoms with Crippen molar-refractivity contribution < 1.29 is 4.79 Å². The van der Waals surface area contributed by atoms with Crippen LogP contribution in [0.25, 0.3) is 0 Å². The highest BCUT2D eigenvalue weighted by Gasteiger charge is 2.26. The molecule has 18 heavy (non-hydrogen) atoms. The van der Waals surface area contributed by atoms with Crippen molar-refractivity contribution in [3.8, 4) is 0 Å². The second-order valence-corrected chi connectivity index (χ2v) is 4.39. The average molecular weight is 244 g/mol. The van der Waals surface area contributed by atoms with Gasteiger partial charge < -0.3 is 4.90 Å². The van der Waals surface area contributed by atoms with Gasteiger partial charge in [-0.3, -0.25) is 4.79 Å². The van der Waals surface area contributed by atoms with E-state index in [0.717, 1.165) is 11.4 Å². The summed E-state index contributed by atoms with van der Waals surface area (Å²) in [4.78, 5) is 18.1. The molecule has 0 atom stereocenters. The van der Waals surface area contributed by atoms with Crippen molar-refractivity contribution in [2.45, 2.75) is 6.92 Å². The molecule has 0 aliphatic carbocycles. The molecular formula is C13H16N4O. The molecule has 1 amide bonds. The third kappa shape index (κ3) is 2.25. The van der Waals surface area contributed by atoms with Gasteiger partial charge in [-0.05, 0) is 31.2 Å². The first kappa shape index (κ1) is 12.3. The molecule has 1 aliphatic heterocycles. The fraction of sp³-hybridized carbons (Fsp3) is 0.308. The maximum absolute atomic E-state index is 11.8. The molecule has 1 aliphatic rings. The van der Waals surface area contributed by atoms with E-state index in [1.54, 1.807) is 14.0 Å². The summed E-state index contributed by atoms with van der Waals surface area (Å²) in [6.07, 6.45) is 0. The molecule has 0 unspecified atom stereocenters. The van der Waals surface area contributed by atoms with Crippen LogP contribution in [-0.4, -0.2) is 43.5 Å². The topological polar surface area (TPSA) is 48.3 Å². The molecule has 0 radical (unpaired) electrons. The molecule has 0 bridgehead atoms. The normalized spacial score (nSPS) is 17.3. The third-order valence-corrected chi connectivity index (χ3v) is 2.75. The Hall–Kier alpha value is -2.17. The Bertz CT molecular complexity index is 528. The molecular weight excluding hydrogens is 228 g/mol. The van der Waals surface area contributed by atoms with E-state index in [0.29, 0.717) is 11.4 Å². The molecule has 0 spiro atoms. The Labute approximate surface area is 106 Å². The number of carbonyl (C=O) groups is 1. The number of anilines is 1. The zero-order valence-corrected chi connectivity index (χ0v) is 11.0. The molecule has 0 aromatic heterocycles. The molecule has 1 aromatic rings. The van der Waals surface area contributed by atoms with Crippen LogP contribution in [0.4, 0.5) is 11.4 Å². The SMILES string of the molecule is CC1=NN(C)C(=O)C1=Nc1ccc(N(C)C)cc1. The minimum absolute atomic E-state index is 0.163. The Morgan fingerprint density at radius 3 is 2.28 bits per heavy atom. The largest absolute Gasteiger partial charge is 0.378 e. The smallest absolute Gasteiger partial charge is 0.294 e. The van der Waals surface area contributed by atoms with Gasteiger partial charge in [-0.2, -0.15) is 5.10 Å². The molecule has 0 fully saturated rings. The first-order valence-corrected chi connectivity index (χ1v) is 5.69. The van der Waals surface area contributed by atoms with E-state index < -0.39 is 0 Å². The van der Waals surface area contributed by atoms with Crippen LogP contribution in [0.15, 0.2) is 34.4 Å². The highest BCUT2D eigenvalue weighted by atomic mass is 16.2. The van der Waals surface area contributed by atoms with E-state index >= 15 is 0 Å². The molecule has 1 aromatic carbocycles. The number of benzene rings is 1. The molecule has 5 nitrogen and oxygen atoms in total. The number of hydrogen-bond donors (Lipinski definition) is 0. The van der Waals surface area contributed by atoms with Gasteiger partial charge in [0.2, 0.25) is 0 Å². The van der Waals surface area contributed by atoms with Crippen molar-refractivity contribution in [1.82, 2.24) is 5.01 Å². The zero-order valence-electron chi connectivity index (χ0n) is 11.0. The van der Waals surface area contributed by atoms with Crippen LogP contribution in [0.5, 0.6) is 0 Å². The molecule has 0 saturated carbocycles. The van der Waals surface area contributed by atoms with Crippen LogP contribution in [0.3, 0.4) is 0 Å². The van der Waals surface area contributed by atoms with E-state index in [1.807, 2.05) is 43.3 Å². The van der Waals surface area contributed by atoms with E-state index in [4.69, 9.17) is 0 Å². The van der Waals surface area contributed by atoms with E-state index in [9.17, 15) is 4.79 Å². The standard InChI is InChI=1S/C13H16N4O/c1-9-12(13(18)17(4)15-9)14-10-5-7-11(8-6-10)16(2)3/h5-8H,1-4H3. The predicted octanol–water partition coefficient (Wildman–Crippen LogP) is 1.67. The van der Waals surface area contributed by atoms with Crippen LogP contribution in [0.1, 0.15) is 6.92 Å². The fourth-order valence-electron chi connectivity index (χ4n) is 1.71. The molecule has 5 heteroatoms. The van der Waals surface area contributed by atoms with Crippen molar-refractivity contribution in [1.29, 1.82) is 0 Å². The number of rotatable bonds is 2. The Kier molecular flexibility index (Phi) is 3.14. The predicted molar refractivity (Wildman–Crippen MR) is 73.7 cm³/mol. The second kappa shape index (κ2) is 4.60. The Morgan fingerprint density at radius 1 is 1.22 bits per heavy atom. The summed E-state index contributed by atoms with van der Waals surface area (Å²) in [6, 6.07) is 7.71. The summed E-state index contributed by atoms with van der Waals surface area (Å²) >= 11 is 0. The summed E-state index contributed by atoms with van der Waals surface area (Å²) in [6.45, 7) is 1.79. The maximum atomic E-state index is 11.8. The highest BCUT2D eigenvalue weighted by molar-refractivity contribution is 6.68. The van der Waals surface area contributed by atoms with Crippen molar-refractivity contribution in [3.05, 3.63) is 24.3 Å². The monoisotopic (exact) mass is 244 g/mol. The van der Waals surface area contributed by atoms with Crippen LogP contribution >= 0.6 is 0 Å². The van der Waals surface area contributed by atoms with Crippen molar-refractivity contribution in [3.63, 3.8) is 0 Å². The first-order valence-electron chi connectivity index (χ1n) is 5.69. The molecule has 0 saturated heterocycles. The molecule has 1 heterocycles. The Morgan fingerprint density at radius 2 is 1.83 bits per heavy atom. The van der Waals surface area contributed by atoms with E-state index in [-0.39, 0.29) is 5.91 Å². The molecule has 2 rings (SSSR count). The number of amides is 1. The fourth-order valence-corrected chi connectivity index (χ4v) is 1.71. The van der Waals surface area contributed by atoms with Gasteiger partial charge in [0.15, 0.2) is 5.71 Å². The zero-order chi connectivity index (χ0) is 13.3. The highest BCUT2D eigenvalue weighted by Crippen LogP contribution is 2.19. The summed E-state index contributed by atoms with van der Waals surface area (Å²) in [5.74, 6) is -0.163. The number of carbonyl (C=O) groups excluding carboxylic acids is 1. The number of hydrogen-bond acceptors (Lipinski definition) is 4. The van der Waals surface area contributed by atoms with Crippen LogP contribution in [0, 0.1) is 0 Å². The lowest BCUT2D eigenvalue weighted by atomic mass is 10.2. The third-order valence-electron chi connectivity index (χ3n) is 2.75. The van der Waals surface area contributed by atoms with Gasteiger partial charge in [0.1, 0.15) is 0 Å². The van der Waals surface area contributed by atoms with Crippen molar-refractivity contribution in [2.24, 2.45) is 10.1 Å². The lowest BCUT2D eigenvalue weighted by Crippen LogP contribution is -2.23. The Balaban J connectivity index is 2.29. The van der Waals surface area contributed by atoms with Crippen molar-refractivity contribution >= 4 is 28.7 Å². The summed E-state index contributed by atoms with van der Waals surface area (Å²) in [5, 5.41) is 5.36. The lowest BCUT2D eigenvalue weighted by Gasteiger charge is -2.11. The number of nitrogens with zero attached hydrogens (tertiary/aromatic N) is 4. The van der Waals surface area contributed by atoms with Gasteiger partial charge in [-0.1, -0.05) is 0 Å². The number of hydrazone groups is 1. The van der Waals surface area contributed by atoms with Gasteiger partial charge in [0, 0.05) is 26.8 Å². The summed E-state index contributed by atoms with van der Waals surface area (Å²) in [7, 11) is 5.59. The second-order valence-electron chi connectivity index (χ2n) is 4.39. The first-order chi connectivity index (χ1) is 8.49. The van der Waals surface area contributed by atoms with Gasteiger partial charge in [0.05, 0.1) is 11.4 Å². The summed E-state index contributed by atoms with van der Waals surface area (Å²) in [5.41, 5.74) is 2.92. The van der Waals surface area contributed by atoms with E-state index in [2.05, 4.69) is 10.1 Å². The number of aliphatic imine (C=N–C) groups is 1. The average Bonchev–Trinajstić information content (AvgIpc) is 2.57. The maximum Gasteiger partial charge on any atom is 0.294 e. The van der Waals surface area contributed by atoms with Crippen LogP contribution in [0.2, 0.25) is 0 Å². The van der Waals surface area contributed by atoms with Crippen LogP contribution in [-0.2, 0) is 4.79 Å².